The summed E-state index contributed by atoms with van der Waals surface area (Å²) in [5.41, 5.74) is 1.70. The fraction of sp³-hybridized carbons (Fsp3) is 0.200. The summed E-state index contributed by atoms with van der Waals surface area (Å²) >= 11 is 0. The van der Waals surface area contributed by atoms with Crippen LogP contribution in [0.25, 0.3) is 5.82 Å². The standard InChI is InChI=1S/C10H11N3O/c1-8-9(6-14)2-3-10(12-8)13-5-4-11-7-13/h2-5,7,14H,6H2,1H3. The third-order valence-corrected chi connectivity index (χ3v) is 2.12. The van der Waals surface area contributed by atoms with Crippen molar-refractivity contribution in [3.63, 3.8) is 0 Å². The molecule has 14 heavy (non-hydrogen) atoms. The van der Waals surface area contributed by atoms with E-state index in [-0.39, 0.29) is 6.61 Å². The molecule has 0 aromatic carbocycles. The van der Waals surface area contributed by atoms with Gasteiger partial charge in [-0.3, -0.25) is 4.57 Å². The zero-order valence-corrected chi connectivity index (χ0v) is 7.88. The molecule has 2 heterocycles. The molecule has 0 radical (unpaired) electrons. The van der Waals surface area contributed by atoms with Gasteiger partial charge in [-0.25, -0.2) is 9.97 Å². The van der Waals surface area contributed by atoms with Crippen molar-refractivity contribution >= 4 is 0 Å². The van der Waals surface area contributed by atoms with Gasteiger partial charge in [0.1, 0.15) is 12.1 Å². The molecule has 0 atom stereocenters. The van der Waals surface area contributed by atoms with Gasteiger partial charge in [-0.2, -0.15) is 0 Å². The highest BCUT2D eigenvalue weighted by Crippen LogP contribution is 2.09. The molecule has 0 aliphatic carbocycles. The first-order valence-corrected chi connectivity index (χ1v) is 4.37. The lowest BCUT2D eigenvalue weighted by Gasteiger charge is -2.05. The predicted octanol–water partition coefficient (Wildman–Crippen LogP) is 1.07. The molecule has 4 nitrogen and oxygen atoms in total. The Hall–Kier alpha value is -1.68. The summed E-state index contributed by atoms with van der Waals surface area (Å²) < 4.78 is 1.83. The fourth-order valence-corrected chi connectivity index (χ4v) is 1.28. The highest BCUT2D eigenvalue weighted by molar-refractivity contribution is 5.29. The van der Waals surface area contributed by atoms with Crippen molar-refractivity contribution in [2.75, 3.05) is 0 Å². The number of aromatic nitrogens is 3. The van der Waals surface area contributed by atoms with Crippen LogP contribution in [0.2, 0.25) is 0 Å². The molecule has 0 aliphatic heterocycles. The molecule has 2 aromatic rings. The van der Waals surface area contributed by atoms with Gasteiger partial charge in [0.2, 0.25) is 0 Å². The summed E-state index contributed by atoms with van der Waals surface area (Å²) in [4.78, 5) is 8.29. The van der Waals surface area contributed by atoms with Gasteiger partial charge in [-0.05, 0) is 18.6 Å². The summed E-state index contributed by atoms with van der Waals surface area (Å²) in [6.45, 7) is 1.91. The Kier molecular flexibility index (Phi) is 2.28. The number of aliphatic hydroxyl groups excluding tert-OH is 1. The number of pyridine rings is 1. The number of hydrogen-bond donors (Lipinski definition) is 1. The summed E-state index contributed by atoms with van der Waals surface area (Å²) in [5, 5.41) is 8.98. The van der Waals surface area contributed by atoms with E-state index in [1.807, 2.05) is 29.8 Å². The Balaban J connectivity index is 2.43. The SMILES string of the molecule is Cc1nc(-n2ccnc2)ccc1CO. The van der Waals surface area contributed by atoms with Crippen LogP contribution in [0.3, 0.4) is 0 Å². The Bertz CT molecular complexity index is 423. The van der Waals surface area contributed by atoms with E-state index in [2.05, 4.69) is 9.97 Å². The van der Waals surface area contributed by atoms with E-state index in [0.29, 0.717) is 0 Å². The van der Waals surface area contributed by atoms with Gasteiger partial charge in [0.25, 0.3) is 0 Å². The van der Waals surface area contributed by atoms with Gasteiger partial charge in [-0.1, -0.05) is 6.07 Å². The number of nitrogens with zero attached hydrogens (tertiary/aromatic N) is 3. The first-order valence-electron chi connectivity index (χ1n) is 4.37. The van der Waals surface area contributed by atoms with Crippen LogP contribution in [0, 0.1) is 6.92 Å². The minimum atomic E-state index is 0.0308. The number of hydrogen-bond acceptors (Lipinski definition) is 3. The molecule has 2 aromatic heterocycles. The molecular formula is C10H11N3O. The maximum Gasteiger partial charge on any atom is 0.138 e. The van der Waals surface area contributed by atoms with Crippen LogP contribution < -0.4 is 0 Å². The summed E-state index contributed by atoms with van der Waals surface area (Å²) in [6, 6.07) is 3.73. The van der Waals surface area contributed by atoms with Crippen molar-refractivity contribution in [2.45, 2.75) is 13.5 Å². The van der Waals surface area contributed by atoms with E-state index in [4.69, 9.17) is 5.11 Å². The Morgan fingerprint density at radius 3 is 2.86 bits per heavy atom. The molecule has 0 saturated carbocycles. The molecule has 0 aliphatic rings. The second kappa shape index (κ2) is 3.59. The molecule has 4 heteroatoms. The fourth-order valence-electron chi connectivity index (χ4n) is 1.28. The lowest BCUT2D eigenvalue weighted by molar-refractivity contribution is 0.280. The van der Waals surface area contributed by atoms with Gasteiger partial charge in [0.05, 0.1) is 6.61 Å². The van der Waals surface area contributed by atoms with Gasteiger partial charge in [-0.15, -0.1) is 0 Å². The molecule has 2 rings (SSSR count). The van der Waals surface area contributed by atoms with E-state index < -0.39 is 0 Å². The van der Waals surface area contributed by atoms with E-state index in [0.717, 1.165) is 17.1 Å². The smallest absolute Gasteiger partial charge is 0.138 e. The highest BCUT2D eigenvalue weighted by Gasteiger charge is 2.01. The van der Waals surface area contributed by atoms with Crippen molar-refractivity contribution in [3.05, 3.63) is 42.1 Å². The zero-order chi connectivity index (χ0) is 9.97. The lowest BCUT2D eigenvalue weighted by atomic mass is 10.2. The molecule has 0 spiro atoms. The van der Waals surface area contributed by atoms with Crippen LogP contribution in [0.1, 0.15) is 11.3 Å². The third kappa shape index (κ3) is 1.52. The van der Waals surface area contributed by atoms with Crippen LogP contribution in [-0.2, 0) is 6.61 Å². The average molecular weight is 189 g/mol. The normalized spacial score (nSPS) is 10.4. The number of imidazole rings is 1. The van der Waals surface area contributed by atoms with E-state index in [1.165, 1.54) is 0 Å². The second-order valence-corrected chi connectivity index (χ2v) is 3.04. The van der Waals surface area contributed by atoms with Crippen LogP contribution in [-0.4, -0.2) is 19.6 Å². The average Bonchev–Trinajstić information content (AvgIpc) is 2.70. The molecular weight excluding hydrogens is 178 g/mol. The molecule has 0 fully saturated rings. The second-order valence-electron chi connectivity index (χ2n) is 3.04. The Morgan fingerprint density at radius 2 is 2.29 bits per heavy atom. The number of rotatable bonds is 2. The Labute approximate surface area is 81.9 Å². The molecule has 0 unspecified atom stereocenters. The highest BCUT2D eigenvalue weighted by atomic mass is 16.3. The van der Waals surface area contributed by atoms with Crippen LogP contribution in [0.5, 0.6) is 0 Å². The van der Waals surface area contributed by atoms with Crippen LogP contribution in [0.15, 0.2) is 30.9 Å². The van der Waals surface area contributed by atoms with Crippen molar-refractivity contribution < 1.29 is 5.11 Å². The predicted molar refractivity (Wildman–Crippen MR) is 52.0 cm³/mol. The molecule has 1 N–H and O–H groups in total. The zero-order valence-electron chi connectivity index (χ0n) is 7.88. The largest absolute Gasteiger partial charge is 0.392 e. The van der Waals surface area contributed by atoms with Crippen LogP contribution >= 0.6 is 0 Å². The van der Waals surface area contributed by atoms with Crippen molar-refractivity contribution in [3.8, 4) is 5.82 Å². The van der Waals surface area contributed by atoms with Crippen molar-refractivity contribution in [2.24, 2.45) is 0 Å². The number of aryl methyl sites for hydroxylation is 1. The molecule has 0 saturated heterocycles. The third-order valence-electron chi connectivity index (χ3n) is 2.12. The lowest BCUT2D eigenvalue weighted by Crippen LogP contribution is -1.99. The van der Waals surface area contributed by atoms with Crippen LogP contribution in [0.4, 0.5) is 0 Å². The van der Waals surface area contributed by atoms with E-state index >= 15 is 0 Å². The van der Waals surface area contributed by atoms with E-state index in [1.54, 1.807) is 12.5 Å². The molecule has 0 amide bonds. The first-order chi connectivity index (χ1) is 6.81. The minimum Gasteiger partial charge on any atom is -0.392 e. The molecule has 72 valence electrons. The van der Waals surface area contributed by atoms with Gasteiger partial charge in [0.15, 0.2) is 0 Å². The summed E-state index contributed by atoms with van der Waals surface area (Å²) in [5.74, 6) is 0.817. The maximum atomic E-state index is 8.98. The summed E-state index contributed by atoms with van der Waals surface area (Å²) in [7, 11) is 0. The van der Waals surface area contributed by atoms with Gasteiger partial charge < -0.3 is 5.11 Å². The quantitative estimate of drug-likeness (QED) is 0.768. The first kappa shape index (κ1) is 8.90. The molecule has 0 bridgehead atoms. The maximum absolute atomic E-state index is 8.98. The van der Waals surface area contributed by atoms with Gasteiger partial charge >= 0.3 is 0 Å². The van der Waals surface area contributed by atoms with Gasteiger partial charge in [0, 0.05) is 18.1 Å². The van der Waals surface area contributed by atoms with Crippen molar-refractivity contribution in [1.82, 2.24) is 14.5 Å². The summed E-state index contributed by atoms with van der Waals surface area (Å²) in [6.07, 6.45) is 5.23. The van der Waals surface area contributed by atoms with E-state index in [9.17, 15) is 0 Å². The number of aliphatic hydroxyl groups is 1. The monoisotopic (exact) mass is 189 g/mol. The topological polar surface area (TPSA) is 50.9 Å². The van der Waals surface area contributed by atoms with Crippen molar-refractivity contribution in [1.29, 1.82) is 0 Å². The minimum absolute atomic E-state index is 0.0308. The Morgan fingerprint density at radius 1 is 1.43 bits per heavy atom.